The van der Waals surface area contributed by atoms with Crippen molar-refractivity contribution in [1.29, 1.82) is 0 Å². The van der Waals surface area contributed by atoms with Crippen LogP contribution in [0.3, 0.4) is 0 Å². The molecule has 10 heteroatoms. The number of amides is 1. The number of aromatic amines is 1. The quantitative estimate of drug-likeness (QED) is 0.578. The van der Waals surface area contributed by atoms with Crippen molar-refractivity contribution >= 4 is 21.6 Å². The number of anilines is 1. The number of rotatable bonds is 7. The zero-order valence-corrected chi connectivity index (χ0v) is 17.9. The maximum atomic E-state index is 13.1. The molecule has 4 rings (SSSR count). The first-order chi connectivity index (χ1) is 15.0. The van der Waals surface area contributed by atoms with E-state index in [4.69, 9.17) is 9.15 Å². The van der Waals surface area contributed by atoms with Crippen molar-refractivity contribution in [1.82, 2.24) is 14.5 Å². The molecule has 1 amide bonds. The molecule has 3 heterocycles. The number of ether oxygens (including phenoxy) is 1. The van der Waals surface area contributed by atoms with Crippen LogP contribution >= 0.6 is 0 Å². The van der Waals surface area contributed by atoms with Gasteiger partial charge >= 0.3 is 0 Å². The summed E-state index contributed by atoms with van der Waals surface area (Å²) in [6, 6.07) is 11.8. The van der Waals surface area contributed by atoms with Crippen LogP contribution in [0.1, 0.15) is 19.8 Å². The van der Waals surface area contributed by atoms with E-state index >= 15 is 0 Å². The zero-order chi connectivity index (χ0) is 21.8. The molecule has 1 unspecified atom stereocenters. The van der Waals surface area contributed by atoms with Crippen molar-refractivity contribution in [2.45, 2.75) is 24.9 Å². The van der Waals surface area contributed by atoms with E-state index < -0.39 is 15.9 Å². The molecule has 2 aromatic heterocycles. The SMILES string of the molecule is CCOc1ccc(NC(=O)C2CCCN(S(=O)(=O)c3ccc(-c4ccn[nH]4)o3)C2)cc1. The number of nitrogens with one attached hydrogen (secondary N) is 2. The Balaban J connectivity index is 1.43. The van der Waals surface area contributed by atoms with Gasteiger partial charge in [-0.25, -0.2) is 8.42 Å². The summed E-state index contributed by atoms with van der Waals surface area (Å²) in [7, 11) is -3.85. The first kappa shape index (κ1) is 21.1. The smallest absolute Gasteiger partial charge is 0.276 e. The Hall–Kier alpha value is -3.11. The molecule has 31 heavy (non-hydrogen) atoms. The van der Waals surface area contributed by atoms with Crippen LogP contribution < -0.4 is 10.1 Å². The third-order valence-corrected chi connectivity index (χ3v) is 6.87. The standard InChI is InChI=1S/C21H24N4O5S/c1-2-29-17-7-5-16(6-8-17)23-21(26)15-4-3-13-25(14-15)31(27,28)20-10-9-19(30-20)18-11-12-22-24-18/h5-12,15H,2-4,13-14H2,1H3,(H,22,24)(H,23,26). The molecule has 1 aromatic carbocycles. The van der Waals surface area contributed by atoms with Crippen molar-refractivity contribution in [3.05, 3.63) is 48.7 Å². The Morgan fingerprint density at radius 3 is 2.77 bits per heavy atom. The number of sulfonamides is 1. The molecule has 9 nitrogen and oxygen atoms in total. The second-order valence-corrected chi connectivity index (χ2v) is 9.11. The highest BCUT2D eigenvalue weighted by molar-refractivity contribution is 7.89. The van der Waals surface area contributed by atoms with Crippen molar-refractivity contribution in [3.8, 4) is 17.2 Å². The first-order valence-electron chi connectivity index (χ1n) is 10.1. The molecule has 0 spiro atoms. The fourth-order valence-corrected chi connectivity index (χ4v) is 4.98. The topological polar surface area (TPSA) is 118 Å². The molecule has 0 bridgehead atoms. The second-order valence-electron chi connectivity index (χ2n) is 7.24. The number of carbonyl (C=O) groups excluding carboxylic acids is 1. The lowest BCUT2D eigenvalue weighted by Gasteiger charge is -2.30. The van der Waals surface area contributed by atoms with Crippen LogP contribution in [0.4, 0.5) is 5.69 Å². The van der Waals surface area contributed by atoms with Gasteiger partial charge in [0.15, 0.2) is 5.76 Å². The van der Waals surface area contributed by atoms with E-state index in [0.29, 0.717) is 43.1 Å². The van der Waals surface area contributed by atoms with Crippen molar-refractivity contribution < 1.29 is 22.4 Å². The van der Waals surface area contributed by atoms with E-state index in [-0.39, 0.29) is 17.5 Å². The molecule has 3 aromatic rings. The van der Waals surface area contributed by atoms with E-state index in [1.807, 2.05) is 6.92 Å². The maximum Gasteiger partial charge on any atom is 0.276 e. The first-order valence-corrected chi connectivity index (χ1v) is 11.5. The molecule has 1 saturated heterocycles. The summed E-state index contributed by atoms with van der Waals surface area (Å²) < 4.78 is 38.4. The van der Waals surface area contributed by atoms with Crippen LogP contribution in [0.5, 0.6) is 5.75 Å². The lowest BCUT2D eigenvalue weighted by Crippen LogP contribution is -2.43. The van der Waals surface area contributed by atoms with E-state index in [9.17, 15) is 13.2 Å². The number of H-pyrrole nitrogens is 1. The van der Waals surface area contributed by atoms with E-state index in [1.54, 1.807) is 42.6 Å². The predicted octanol–water partition coefficient (Wildman–Crippen LogP) is 3.11. The highest BCUT2D eigenvalue weighted by Crippen LogP contribution is 2.28. The van der Waals surface area contributed by atoms with Gasteiger partial charge < -0.3 is 14.5 Å². The molecule has 0 radical (unpaired) electrons. The Morgan fingerprint density at radius 1 is 1.26 bits per heavy atom. The van der Waals surface area contributed by atoms with Crippen molar-refractivity contribution in [3.63, 3.8) is 0 Å². The average molecular weight is 445 g/mol. The Morgan fingerprint density at radius 2 is 2.06 bits per heavy atom. The summed E-state index contributed by atoms with van der Waals surface area (Å²) in [6.07, 6.45) is 2.77. The normalized spacial score (nSPS) is 17.4. The number of hydrogen-bond acceptors (Lipinski definition) is 6. The van der Waals surface area contributed by atoms with Gasteiger partial charge in [-0.1, -0.05) is 0 Å². The van der Waals surface area contributed by atoms with Gasteiger partial charge in [-0.2, -0.15) is 9.40 Å². The minimum atomic E-state index is -3.85. The summed E-state index contributed by atoms with van der Waals surface area (Å²) in [4.78, 5) is 12.7. The van der Waals surface area contributed by atoms with Gasteiger partial charge in [-0.05, 0) is 62.2 Å². The molecule has 1 atom stereocenters. The van der Waals surface area contributed by atoms with E-state index in [0.717, 1.165) is 5.75 Å². The lowest BCUT2D eigenvalue weighted by atomic mass is 9.99. The number of furan rings is 1. The van der Waals surface area contributed by atoms with Gasteiger partial charge in [0, 0.05) is 25.0 Å². The average Bonchev–Trinajstić information content (AvgIpc) is 3.48. The summed E-state index contributed by atoms with van der Waals surface area (Å²) in [5.41, 5.74) is 1.23. The number of piperidine rings is 1. The highest BCUT2D eigenvalue weighted by atomic mass is 32.2. The summed E-state index contributed by atoms with van der Waals surface area (Å²) >= 11 is 0. The fraction of sp³-hybridized carbons (Fsp3) is 0.333. The molecule has 1 fully saturated rings. The molecule has 164 valence electrons. The van der Waals surface area contributed by atoms with Gasteiger partial charge in [0.2, 0.25) is 11.0 Å². The monoisotopic (exact) mass is 444 g/mol. The molecular weight excluding hydrogens is 420 g/mol. The van der Waals surface area contributed by atoms with Gasteiger partial charge in [0.1, 0.15) is 11.4 Å². The van der Waals surface area contributed by atoms with E-state index in [1.165, 1.54) is 10.4 Å². The maximum absolute atomic E-state index is 13.1. The third kappa shape index (κ3) is 4.64. The molecule has 2 N–H and O–H groups in total. The third-order valence-electron chi connectivity index (χ3n) is 5.13. The summed E-state index contributed by atoms with van der Waals surface area (Å²) in [6.45, 7) is 2.91. The number of nitrogens with zero attached hydrogens (tertiary/aromatic N) is 2. The molecule has 0 saturated carbocycles. The molecule has 0 aliphatic carbocycles. The highest BCUT2D eigenvalue weighted by Gasteiger charge is 2.35. The van der Waals surface area contributed by atoms with Crippen molar-refractivity contribution in [2.24, 2.45) is 5.92 Å². The second kappa shape index (κ2) is 8.94. The van der Waals surface area contributed by atoms with Crippen LogP contribution in [0, 0.1) is 5.92 Å². The Labute approximate surface area is 180 Å². The fourth-order valence-electron chi connectivity index (χ4n) is 3.54. The van der Waals surface area contributed by atoms with Crippen LogP contribution in [0.15, 0.2) is 58.2 Å². The van der Waals surface area contributed by atoms with Gasteiger partial charge in [-0.15, -0.1) is 0 Å². The van der Waals surface area contributed by atoms with E-state index in [2.05, 4.69) is 15.5 Å². The van der Waals surface area contributed by atoms with Crippen LogP contribution in [0.25, 0.3) is 11.5 Å². The largest absolute Gasteiger partial charge is 0.494 e. The van der Waals surface area contributed by atoms with Gasteiger partial charge in [0.05, 0.1) is 12.5 Å². The number of carbonyl (C=O) groups is 1. The van der Waals surface area contributed by atoms with Crippen LogP contribution in [-0.4, -0.2) is 48.5 Å². The number of hydrogen-bond donors (Lipinski definition) is 2. The number of benzene rings is 1. The van der Waals surface area contributed by atoms with Crippen LogP contribution in [-0.2, 0) is 14.8 Å². The minimum absolute atomic E-state index is 0.102. The number of aromatic nitrogens is 2. The van der Waals surface area contributed by atoms with Gasteiger partial charge in [0.25, 0.3) is 10.0 Å². The van der Waals surface area contributed by atoms with Crippen LogP contribution in [0.2, 0.25) is 0 Å². The Kier molecular flexibility index (Phi) is 6.10. The lowest BCUT2D eigenvalue weighted by molar-refractivity contribution is -0.120. The van der Waals surface area contributed by atoms with Gasteiger partial charge in [-0.3, -0.25) is 9.89 Å². The summed E-state index contributed by atoms with van der Waals surface area (Å²) in [5.74, 6) is 0.458. The molecular formula is C21H24N4O5S. The molecule has 1 aliphatic rings. The zero-order valence-electron chi connectivity index (χ0n) is 17.1. The Bertz CT molecular complexity index is 1120. The van der Waals surface area contributed by atoms with Crippen molar-refractivity contribution in [2.75, 3.05) is 25.0 Å². The predicted molar refractivity (Wildman–Crippen MR) is 114 cm³/mol. The molecule has 1 aliphatic heterocycles. The summed E-state index contributed by atoms with van der Waals surface area (Å²) in [5, 5.41) is 9.30. The minimum Gasteiger partial charge on any atom is -0.494 e.